The fourth-order valence-electron chi connectivity index (χ4n) is 3.52. The molecule has 1 aliphatic heterocycles. The molecule has 5 nitrogen and oxygen atoms in total. The van der Waals surface area contributed by atoms with E-state index in [1.54, 1.807) is 7.11 Å². The first-order valence-corrected chi connectivity index (χ1v) is 9.82. The Morgan fingerprint density at radius 3 is 2.64 bits per heavy atom. The van der Waals surface area contributed by atoms with E-state index >= 15 is 0 Å². The van der Waals surface area contributed by atoms with Gasteiger partial charge in [-0.15, -0.1) is 0 Å². The van der Waals surface area contributed by atoms with Gasteiger partial charge in [-0.2, -0.15) is 0 Å². The van der Waals surface area contributed by atoms with Crippen molar-refractivity contribution in [3.63, 3.8) is 0 Å². The lowest BCUT2D eigenvalue weighted by Crippen LogP contribution is -2.54. The smallest absolute Gasteiger partial charge is 0.322 e. The lowest BCUT2D eigenvalue weighted by Gasteiger charge is -2.36. The Kier molecular flexibility index (Phi) is 7.25. The number of urea groups is 1. The van der Waals surface area contributed by atoms with Gasteiger partial charge in [-0.1, -0.05) is 18.6 Å². The van der Waals surface area contributed by atoms with Gasteiger partial charge < -0.3 is 20.3 Å². The van der Waals surface area contributed by atoms with E-state index in [4.69, 9.17) is 4.74 Å². The average Bonchev–Trinajstić information content (AvgIpc) is 2.73. The summed E-state index contributed by atoms with van der Waals surface area (Å²) in [5.74, 6) is 0.565. The van der Waals surface area contributed by atoms with E-state index in [0.29, 0.717) is 6.54 Å². The zero-order valence-corrected chi connectivity index (χ0v) is 16.3. The third-order valence-corrected chi connectivity index (χ3v) is 5.12. The number of nitrogens with one attached hydrogen (secondary N) is 2. The van der Waals surface area contributed by atoms with Crippen LogP contribution in [0, 0.1) is 5.82 Å². The fraction of sp³-hybridized carbons (Fsp3) is 0.409. The van der Waals surface area contributed by atoms with Crippen molar-refractivity contribution in [2.75, 3.05) is 32.1 Å². The number of nitrogens with zero attached hydrogens (tertiary/aromatic N) is 1. The van der Waals surface area contributed by atoms with Crippen LogP contribution in [0.3, 0.4) is 0 Å². The first kappa shape index (κ1) is 20.1. The van der Waals surface area contributed by atoms with Gasteiger partial charge in [0.2, 0.25) is 0 Å². The van der Waals surface area contributed by atoms with Crippen LogP contribution in [-0.2, 0) is 6.42 Å². The summed E-state index contributed by atoms with van der Waals surface area (Å²) >= 11 is 0. The monoisotopic (exact) mass is 385 g/mol. The minimum atomic E-state index is -0.199. The maximum atomic E-state index is 13.0. The van der Waals surface area contributed by atoms with Gasteiger partial charge in [-0.05, 0) is 61.2 Å². The van der Waals surface area contributed by atoms with Crippen LogP contribution in [0.1, 0.15) is 24.8 Å². The summed E-state index contributed by atoms with van der Waals surface area (Å²) in [6.07, 6.45) is 3.93. The van der Waals surface area contributed by atoms with Crippen molar-refractivity contribution >= 4 is 11.7 Å². The van der Waals surface area contributed by atoms with Gasteiger partial charge in [0.15, 0.2) is 0 Å². The summed E-state index contributed by atoms with van der Waals surface area (Å²) in [6, 6.07) is 14.2. The number of rotatable bonds is 7. The maximum absolute atomic E-state index is 13.0. The normalized spacial score (nSPS) is 16.6. The number of unbranched alkanes of at least 4 members (excludes halogenated alkanes) is 1. The SMILES string of the molecule is COc1ccc(NC(=O)N2CCNCC2CCCCc2ccc(F)cc2)cc1. The number of ether oxygens (including phenoxy) is 1. The number of piperazine rings is 1. The third-order valence-electron chi connectivity index (χ3n) is 5.12. The molecule has 0 aliphatic carbocycles. The Morgan fingerprint density at radius 2 is 1.93 bits per heavy atom. The van der Waals surface area contributed by atoms with Crippen molar-refractivity contribution in [3.05, 3.63) is 59.9 Å². The van der Waals surface area contributed by atoms with Crippen LogP contribution in [-0.4, -0.2) is 43.7 Å². The lowest BCUT2D eigenvalue weighted by molar-refractivity contribution is 0.164. The summed E-state index contributed by atoms with van der Waals surface area (Å²) in [4.78, 5) is 14.7. The van der Waals surface area contributed by atoms with Gasteiger partial charge in [0, 0.05) is 31.4 Å². The van der Waals surface area contributed by atoms with Crippen molar-refractivity contribution in [2.24, 2.45) is 0 Å². The Bertz CT molecular complexity index is 749. The van der Waals surface area contributed by atoms with Crippen LogP contribution < -0.4 is 15.4 Å². The van der Waals surface area contributed by atoms with Crippen molar-refractivity contribution in [1.29, 1.82) is 0 Å². The molecule has 0 bridgehead atoms. The van der Waals surface area contributed by atoms with Crippen molar-refractivity contribution < 1.29 is 13.9 Å². The molecule has 1 unspecified atom stereocenters. The van der Waals surface area contributed by atoms with Crippen LogP contribution in [0.2, 0.25) is 0 Å². The molecule has 2 aromatic carbocycles. The van der Waals surface area contributed by atoms with Gasteiger partial charge in [-0.25, -0.2) is 9.18 Å². The van der Waals surface area contributed by atoms with Crippen LogP contribution in [0.5, 0.6) is 5.75 Å². The standard InChI is InChI=1S/C22H28FN3O2/c1-28-21-12-10-19(11-13-21)25-22(27)26-15-14-24-16-20(26)5-3-2-4-17-6-8-18(23)9-7-17/h6-13,20,24H,2-5,14-16H2,1H3,(H,25,27). The van der Waals surface area contributed by atoms with E-state index < -0.39 is 0 Å². The number of hydrogen-bond donors (Lipinski definition) is 2. The highest BCUT2D eigenvalue weighted by molar-refractivity contribution is 5.89. The van der Waals surface area contributed by atoms with Crippen molar-refractivity contribution in [1.82, 2.24) is 10.2 Å². The molecule has 0 radical (unpaired) electrons. The van der Waals surface area contributed by atoms with Gasteiger partial charge in [0.25, 0.3) is 0 Å². The predicted molar refractivity (Wildman–Crippen MR) is 109 cm³/mol. The fourth-order valence-corrected chi connectivity index (χ4v) is 3.52. The van der Waals surface area contributed by atoms with E-state index in [9.17, 15) is 9.18 Å². The molecule has 1 aliphatic rings. The molecule has 150 valence electrons. The largest absolute Gasteiger partial charge is 0.497 e. The molecule has 1 heterocycles. The average molecular weight is 385 g/mol. The first-order valence-electron chi connectivity index (χ1n) is 9.82. The number of amides is 2. The second-order valence-electron chi connectivity index (χ2n) is 7.08. The van der Waals surface area contributed by atoms with Crippen molar-refractivity contribution in [2.45, 2.75) is 31.7 Å². The van der Waals surface area contributed by atoms with E-state index in [-0.39, 0.29) is 17.9 Å². The number of aryl methyl sites for hydroxylation is 1. The second kappa shape index (κ2) is 10.1. The molecule has 0 saturated carbocycles. The summed E-state index contributed by atoms with van der Waals surface area (Å²) in [7, 11) is 1.62. The van der Waals surface area contributed by atoms with Crippen LogP contribution in [0.25, 0.3) is 0 Å². The molecule has 0 aromatic heterocycles. The zero-order valence-electron chi connectivity index (χ0n) is 16.3. The molecule has 2 N–H and O–H groups in total. The highest BCUT2D eigenvalue weighted by Crippen LogP contribution is 2.18. The zero-order chi connectivity index (χ0) is 19.8. The summed E-state index contributed by atoms with van der Waals surface area (Å²) in [5, 5.41) is 6.37. The van der Waals surface area contributed by atoms with Gasteiger partial charge >= 0.3 is 6.03 Å². The van der Waals surface area contributed by atoms with Crippen LogP contribution in [0.4, 0.5) is 14.9 Å². The number of hydrogen-bond acceptors (Lipinski definition) is 3. The highest BCUT2D eigenvalue weighted by Gasteiger charge is 2.26. The van der Waals surface area contributed by atoms with Crippen LogP contribution >= 0.6 is 0 Å². The molecule has 28 heavy (non-hydrogen) atoms. The van der Waals surface area contributed by atoms with E-state index in [1.807, 2.05) is 41.3 Å². The highest BCUT2D eigenvalue weighted by atomic mass is 19.1. The van der Waals surface area contributed by atoms with E-state index in [0.717, 1.165) is 55.8 Å². The van der Waals surface area contributed by atoms with Crippen molar-refractivity contribution in [3.8, 4) is 5.75 Å². The molecular formula is C22H28FN3O2. The Balaban J connectivity index is 1.48. The number of benzene rings is 2. The minimum Gasteiger partial charge on any atom is -0.497 e. The number of halogens is 1. The summed E-state index contributed by atoms with van der Waals surface area (Å²) in [6.45, 7) is 2.32. The Hall–Kier alpha value is -2.60. The number of carbonyl (C=O) groups excluding carboxylic acids is 1. The predicted octanol–water partition coefficient (Wildman–Crippen LogP) is 4.05. The molecule has 0 spiro atoms. The molecule has 6 heteroatoms. The lowest BCUT2D eigenvalue weighted by atomic mass is 10.0. The molecule has 2 aromatic rings. The third kappa shape index (κ3) is 5.70. The maximum Gasteiger partial charge on any atom is 0.322 e. The Morgan fingerprint density at radius 1 is 1.18 bits per heavy atom. The Labute approximate surface area is 165 Å². The van der Waals surface area contributed by atoms with Gasteiger partial charge in [0.05, 0.1) is 7.11 Å². The summed E-state index contributed by atoms with van der Waals surface area (Å²) in [5.41, 5.74) is 1.91. The summed E-state index contributed by atoms with van der Waals surface area (Å²) < 4.78 is 18.1. The van der Waals surface area contributed by atoms with E-state index in [2.05, 4.69) is 10.6 Å². The molecule has 1 fully saturated rings. The van der Waals surface area contributed by atoms with E-state index in [1.165, 1.54) is 12.1 Å². The second-order valence-corrected chi connectivity index (χ2v) is 7.08. The molecule has 3 rings (SSSR count). The van der Waals surface area contributed by atoms with Gasteiger partial charge in [-0.3, -0.25) is 0 Å². The number of methoxy groups -OCH3 is 1. The molecule has 1 atom stereocenters. The van der Waals surface area contributed by atoms with Gasteiger partial charge in [0.1, 0.15) is 11.6 Å². The topological polar surface area (TPSA) is 53.6 Å². The number of anilines is 1. The minimum absolute atomic E-state index is 0.0600. The first-order chi connectivity index (χ1) is 13.7. The molecule has 1 saturated heterocycles. The molecule has 2 amide bonds. The van der Waals surface area contributed by atoms with Crippen LogP contribution in [0.15, 0.2) is 48.5 Å². The number of carbonyl (C=O) groups is 1. The molecular weight excluding hydrogens is 357 g/mol. The quantitative estimate of drug-likeness (QED) is 0.707.